The van der Waals surface area contributed by atoms with Gasteiger partial charge in [0.15, 0.2) is 9.84 Å². The Morgan fingerprint density at radius 1 is 1.00 bits per heavy atom. The first-order valence-corrected chi connectivity index (χ1v) is 11.1. The number of benzene rings is 2. The molecule has 9 heteroatoms. The van der Waals surface area contributed by atoms with Gasteiger partial charge in [-0.2, -0.15) is 4.98 Å². The van der Waals surface area contributed by atoms with Crippen molar-refractivity contribution < 1.29 is 22.3 Å². The molecular formula is C21H22FN3O4S. The molecule has 0 atom stereocenters. The van der Waals surface area contributed by atoms with Gasteiger partial charge in [-0.3, -0.25) is 0 Å². The molecule has 1 aromatic heterocycles. The minimum Gasteiger partial charge on any atom is -0.494 e. The van der Waals surface area contributed by atoms with E-state index in [0.717, 1.165) is 0 Å². The SMILES string of the molecule is CN(CCCOc1ccc(S(C)(=O)=O)cc1)c1nccc(Oc2ccc(F)cc2)n1. The van der Waals surface area contributed by atoms with E-state index in [-0.39, 0.29) is 10.7 Å². The van der Waals surface area contributed by atoms with E-state index in [1.165, 1.54) is 42.7 Å². The van der Waals surface area contributed by atoms with Gasteiger partial charge in [-0.05, 0) is 55.0 Å². The quantitative estimate of drug-likeness (QED) is 0.478. The second-order valence-electron chi connectivity index (χ2n) is 6.62. The van der Waals surface area contributed by atoms with E-state index in [4.69, 9.17) is 9.47 Å². The monoisotopic (exact) mass is 431 g/mol. The molecular weight excluding hydrogens is 409 g/mol. The molecule has 3 aromatic rings. The zero-order valence-electron chi connectivity index (χ0n) is 16.7. The van der Waals surface area contributed by atoms with Crippen LogP contribution in [0.4, 0.5) is 10.3 Å². The van der Waals surface area contributed by atoms with Crippen molar-refractivity contribution in [1.82, 2.24) is 9.97 Å². The highest BCUT2D eigenvalue weighted by Gasteiger charge is 2.08. The van der Waals surface area contributed by atoms with Crippen molar-refractivity contribution in [2.75, 3.05) is 31.4 Å². The van der Waals surface area contributed by atoms with Crippen molar-refractivity contribution in [2.45, 2.75) is 11.3 Å². The molecule has 30 heavy (non-hydrogen) atoms. The predicted octanol–water partition coefficient (Wildman–Crippen LogP) is 3.72. The van der Waals surface area contributed by atoms with Crippen molar-refractivity contribution in [2.24, 2.45) is 0 Å². The molecule has 158 valence electrons. The van der Waals surface area contributed by atoms with E-state index >= 15 is 0 Å². The number of anilines is 1. The third kappa shape index (κ3) is 6.15. The van der Waals surface area contributed by atoms with Crippen molar-refractivity contribution in [3.8, 4) is 17.4 Å². The highest BCUT2D eigenvalue weighted by atomic mass is 32.2. The minimum atomic E-state index is -3.22. The first kappa shape index (κ1) is 21.5. The minimum absolute atomic E-state index is 0.259. The second kappa shape index (κ2) is 9.53. The van der Waals surface area contributed by atoms with Gasteiger partial charge in [0.25, 0.3) is 0 Å². The molecule has 2 aromatic carbocycles. The lowest BCUT2D eigenvalue weighted by Crippen LogP contribution is -2.22. The number of halogens is 1. The van der Waals surface area contributed by atoms with E-state index in [2.05, 4.69) is 9.97 Å². The standard InChI is InChI=1S/C21H22FN3O4S/c1-25(14-3-15-28-17-8-10-19(11-9-17)30(2,26)27)21-23-13-12-20(24-21)29-18-6-4-16(22)5-7-18/h4-13H,3,14-15H2,1-2H3. The average molecular weight is 431 g/mol. The second-order valence-corrected chi connectivity index (χ2v) is 8.63. The number of sulfone groups is 1. The summed E-state index contributed by atoms with van der Waals surface area (Å²) in [5, 5.41) is 0. The van der Waals surface area contributed by atoms with Crippen LogP contribution in [0, 0.1) is 5.82 Å². The van der Waals surface area contributed by atoms with Gasteiger partial charge in [-0.15, -0.1) is 0 Å². The Morgan fingerprint density at radius 2 is 1.67 bits per heavy atom. The maximum Gasteiger partial charge on any atom is 0.228 e. The third-order valence-corrected chi connectivity index (χ3v) is 5.28. The number of rotatable bonds is 9. The first-order valence-electron chi connectivity index (χ1n) is 9.22. The number of ether oxygens (including phenoxy) is 2. The Bertz CT molecular complexity index is 1070. The van der Waals surface area contributed by atoms with Crippen LogP contribution in [0.3, 0.4) is 0 Å². The lowest BCUT2D eigenvalue weighted by Gasteiger charge is -2.17. The zero-order chi connectivity index (χ0) is 21.6. The fraction of sp³-hybridized carbons (Fsp3) is 0.238. The van der Waals surface area contributed by atoms with Crippen LogP contribution >= 0.6 is 0 Å². The van der Waals surface area contributed by atoms with Crippen LogP contribution in [0.5, 0.6) is 17.4 Å². The van der Waals surface area contributed by atoms with E-state index in [1.54, 1.807) is 24.4 Å². The summed E-state index contributed by atoms with van der Waals surface area (Å²) in [6.07, 6.45) is 3.47. The molecule has 0 saturated heterocycles. The highest BCUT2D eigenvalue weighted by molar-refractivity contribution is 7.90. The molecule has 0 unspecified atom stereocenters. The first-order chi connectivity index (χ1) is 14.3. The summed E-state index contributed by atoms with van der Waals surface area (Å²) in [6, 6.07) is 13.6. The highest BCUT2D eigenvalue weighted by Crippen LogP contribution is 2.21. The largest absolute Gasteiger partial charge is 0.494 e. The number of hydrogen-bond acceptors (Lipinski definition) is 7. The Hall–Kier alpha value is -3.20. The van der Waals surface area contributed by atoms with Crippen LogP contribution in [0.25, 0.3) is 0 Å². The van der Waals surface area contributed by atoms with Crippen LogP contribution < -0.4 is 14.4 Å². The Kier molecular flexibility index (Phi) is 6.83. The molecule has 0 spiro atoms. The summed E-state index contributed by atoms with van der Waals surface area (Å²) >= 11 is 0. The van der Waals surface area contributed by atoms with Crippen LogP contribution in [-0.2, 0) is 9.84 Å². The Balaban J connectivity index is 1.49. The van der Waals surface area contributed by atoms with Gasteiger partial charge in [-0.25, -0.2) is 17.8 Å². The third-order valence-electron chi connectivity index (χ3n) is 4.15. The molecule has 3 rings (SSSR count). The summed E-state index contributed by atoms with van der Waals surface area (Å²) in [6.45, 7) is 1.09. The maximum atomic E-state index is 13.0. The van der Waals surface area contributed by atoms with Gasteiger partial charge in [-0.1, -0.05) is 0 Å². The van der Waals surface area contributed by atoms with Crippen molar-refractivity contribution in [1.29, 1.82) is 0 Å². The molecule has 7 nitrogen and oxygen atoms in total. The van der Waals surface area contributed by atoms with E-state index in [9.17, 15) is 12.8 Å². The maximum absolute atomic E-state index is 13.0. The normalized spacial score (nSPS) is 11.2. The molecule has 0 saturated carbocycles. The molecule has 0 fully saturated rings. The number of hydrogen-bond donors (Lipinski definition) is 0. The summed E-state index contributed by atoms with van der Waals surface area (Å²) in [5.74, 6) is 1.61. The molecule has 1 heterocycles. The topological polar surface area (TPSA) is 81.6 Å². The summed E-state index contributed by atoms with van der Waals surface area (Å²) < 4.78 is 47.2. The predicted molar refractivity (Wildman–Crippen MR) is 111 cm³/mol. The lowest BCUT2D eigenvalue weighted by molar-refractivity contribution is 0.312. The summed E-state index contributed by atoms with van der Waals surface area (Å²) in [4.78, 5) is 10.7. The fourth-order valence-corrected chi connectivity index (χ4v) is 3.20. The summed E-state index contributed by atoms with van der Waals surface area (Å²) in [7, 11) is -1.36. The Labute approximate surface area is 175 Å². The number of nitrogens with zero attached hydrogens (tertiary/aromatic N) is 3. The molecule has 0 amide bonds. The van der Waals surface area contributed by atoms with Crippen LogP contribution in [0.1, 0.15) is 6.42 Å². The van der Waals surface area contributed by atoms with E-state index in [1.807, 2.05) is 11.9 Å². The van der Waals surface area contributed by atoms with Crippen molar-refractivity contribution in [3.05, 3.63) is 66.6 Å². The van der Waals surface area contributed by atoms with Gasteiger partial charge in [0.1, 0.15) is 17.3 Å². The van der Waals surface area contributed by atoms with Gasteiger partial charge in [0.05, 0.1) is 11.5 Å². The molecule has 0 radical (unpaired) electrons. The van der Waals surface area contributed by atoms with E-state index < -0.39 is 9.84 Å². The van der Waals surface area contributed by atoms with Crippen LogP contribution in [-0.4, -0.2) is 44.8 Å². The molecule has 0 bridgehead atoms. The van der Waals surface area contributed by atoms with Crippen molar-refractivity contribution in [3.63, 3.8) is 0 Å². The van der Waals surface area contributed by atoms with Gasteiger partial charge >= 0.3 is 0 Å². The molecule has 0 aliphatic heterocycles. The lowest BCUT2D eigenvalue weighted by atomic mass is 10.3. The average Bonchev–Trinajstić information content (AvgIpc) is 2.73. The van der Waals surface area contributed by atoms with Crippen molar-refractivity contribution >= 4 is 15.8 Å². The van der Waals surface area contributed by atoms with Gasteiger partial charge < -0.3 is 14.4 Å². The molecule has 0 N–H and O–H groups in total. The van der Waals surface area contributed by atoms with Crippen LogP contribution in [0.15, 0.2) is 65.7 Å². The molecule has 0 aliphatic rings. The number of aromatic nitrogens is 2. The fourth-order valence-electron chi connectivity index (χ4n) is 2.57. The van der Waals surface area contributed by atoms with Crippen LogP contribution in [0.2, 0.25) is 0 Å². The zero-order valence-corrected chi connectivity index (χ0v) is 17.5. The summed E-state index contributed by atoms with van der Waals surface area (Å²) in [5.41, 5.74) is 0. The van der Waals surface area contributed by atoms with E-state index in [0.29, 0.717) is 42.9 Å². The Morgan fingerprint density at radius 3 is 2.33 bits per heavy atom. The van der Waals surface area contributed by atoms with Gasteiger partial charge in [0.2, 0.25) is 11.8 Å². The molecule has 0 aliphatic carbocycles. The smallest absolute Gasteiger partial charge is 0.228 e. The van der Waals surface area contributed by atoms with Gasteiger partial charge in [0, 0.05) is 32.1 Å².